The fraction of sp³-hybridized carbons (Fsp3) is 0.462. The summed E-state index contributed by atoms with van der Waals surface area (Å²) in [7, 11) is 1.74. The van der Waals surface area contributed by atoms with Crippen LogP contribution in [0.4, 0.5) is 0 Å². The van der Waals surface area contributed by atoms with Gasteiger partial charge in [0, 0.05) is 18.2 Å². The van der Waals surface area contributed by atoms with Crippen LogP contribution in [-0.2, 0) is 4.74 Å². The van der Waals surface area contributed by atoms with Crippen molar-refractivity contribution >= 4 is 0 Å². The van der Waals surface area contributed by atoms with E-state index >= 15 is 0 Å². The summed E-state index contributed by atoms with van der Waals surface area (Å²) in [6.07, 6.45) is 8.36. The molecule has 1 fully saturated rings. The molecular formula is C26H32O. The van der Waals surface area contributed by atoms with Gasteiger partial charge in [-0.2, -0.15) is 0 Å². The van der Waals surface area contributed by atoms with E-state index in [2.05, 4.69) is 74.2 Å². The maximum absolute atomic E-state index is 5.35. The van der Waals surface area contributed by atoms with Gasteiger partial charge in [-0.05, 0) is 79.8 Å². The zero-order valence-corrected chi connectivity index (χ0v) is 17.0. The Balaban J connectivity index is 1.59. The van der Waals surface area contributed by atoms with Crippen molar-refractivity contribution < 1.29 is 4.74 Å². The minimum absolute atomic E-state index is 0.122. The molecule has 0 radical (unpaired) electrons. The van der Waals surface area contributed by atoms with Crippen LogP contribution in [0, 0.1) is 17.8 Å². The Morgan fingerprint density at radius 1 is 0.889 bits per heavy atom. The first-order chi connectivity index (χ1) is 13.2. The second-order valence-corrected chi connectivity index (χ2v) is 7.88. The first-order valence-corrected chi connectivity index (χ1v) is 10.4. The van der Waals surface area contributed by atoms with E-state index in [1.807, 2.05) is 0 Å². The molecule has 0 saturated heterocycles. The van der Waals surface area contributed by atoms with Gasteiger partial charge in [-0.3, -0.25) is 0 Å². The molecule has 1 heteroatoms. The minimum Gasteiger partial charge on any atom is -0.377 e. The van der Waals surface area contributed by atoms with E-state index in [1.165, 1.54) is 49.7 Å². The minimum atomic E-state index is 0.122. The molecular weight excluding hydrogens is 328 g/mol. The SMILES string of the molecule is CCCC1CCC(c2ccc(C#Cc3ccc(C(C)OC)cc3)cc2)CC1. The molecule has 0 amide bonds. The van der Waals surface area contributed by atoms with Gasteiger partial charge in [-0.15, -0.1) is 0 Å². The maximum Gasteiger partial charge on any atom is 0.0793 e. The molecule has 2 aromatic carbocycles. The molecule has 1 nitrogen and oxygen atoms in total. The number of hydrogen-bond donors (Lipinski definition) is 0. The first kappa shape index (κ1) is 19.7. The third-order valence-electron chi connectivity index (χ3n) is 6.01. The normalized spacial score (nSPS) is 20.6. The van der Waals surface area contributed by atoms with Gasteiger partial charge < -0.3 is 4.74 Å². The zero-order valence-electron chi connectivity index (χ0n) is 17.0. The van der Waals surface area contributed by atoms with Crippen molar-refractivity contribution in [3.63, 3.8) is 0 Å². The Labute approximate surface area is 165 Å². The standard InChI is InChI=1S/C26H32O/c1-4-5-21-10-16-25(17-11-21)26-18-12-23(13-19-26)7-6-22-8-14-24(15-9-22)20(2)27-3/h8-9,12-15,18-21,25H,4-5,10-11,16-17H2,1-3H3. The Morgan fingerprint density at radius 3 is 1.96 bits per heavy atom. The van der Waals surface area contributed by atoms with Gasteiger partial charge >= 0.3 is 0 Å². The van der Waals surface area contributed by atoms with Crippen molar-refractivity contribution in [1.82, 2.24) is 0 Å². The molecule has 0 N–H and O–H groups in total. The van der Waals surface area contributed by atoms with E-state index in [0.29, 0.717) is 0 Å². The summed E-state index contributed by atoms with van der Waals surface area (Å²) in [6, 6.07) is 17.3. The Bertz CT molecular complexity index is 753. The first-order valence-electron chi connectivity index (χ1n) is 10.4. The van der Waals surface area contributed by atoms with Gasteiger partial charge in [0.1, 0.15) is 0 Å². The average Bonchev–Trinajstić information content (AvgIpc) is 2.73. The molecule has 1 aliphatic carbocycles. The number of benzene rings is 2. The highest BCUT2D eigenvalue weighted by atomic mass is 16.5. The predicted octanol–water partition coefficient (Wildman–Crippen LogP) is 6.87. The summed E-state index contributed by atoms with van der Waals surface area (Å²) in [5, 5.41) is 0. The smallest absolute Gasteiger partial charge is 0.0793 e. The van der Waals surface area contributed by atoms with Crippen molar-refractivity contribution in [2.45, 2.75) is 64.4 Å². The van der Waals surface area contributed by atoms with Crippen LogP contribution >= 0.6 is 0 Å². The number of methoxy groups -OCH3 is 1. The molecule has 0 heterocycles. The zero-order chi connectivity index (χ0) is 19.1. The molecule has 1 atom stereocenters. The van der Waals surface area contributed by atoms with Gasteiger partial charge in [0.05, 0.1) is 6.10 Å². The molecule has 1 saturated carbocycles. The second-order valence-electron chi connectivity index (χ2n) is 7.88. The van der Waals surface area contributed by atoms with Crippen molar-refractivity contribution in [1.29, 1.82) is 0 Å². The molecule has 1 aliphatic rings. The van der Waals surface area contributed by atoms with E-state index in [0.717, 1.165) is 23.0 Å². The van der Waals surface area contributed by atoms with E-state index in [4.69, 9.17) is 4.74 Å². The predicted molar refractivity (Wildman–Crippen MR) is 114 cm³/mol. The maximum atomic E-state index is 5.35. The van der Waals surface area contributed by atoms with Gasteiger partial charge in [0.25, 0.3) is 0 Å². The van der Waals surface area contributed by atoms with Crippen LogP contribution in [0.3, 0.4) is 0 Å². The van der Waals surface area contributed by atoms with Gasteiger partial charge in [0.15, 0.2) is 0 Å². The van der Waals surface area contributed by atoms with Gasteiger partial charge in [-0.1, -0.05) is 55.9 Å². The van der Waals surface area contributed by atoms with Crippen LogP contribution in [0.1, 0.15) is 86.6 Å². The lowest BCUT2D eigenvalue weighted by atomic mass is 9.77. The lowest BCUT2D eigenvalue weighted by molar-refractivity contribution is 0.119. The second kappa shape index (κ2) is 9.77. The van der Waals surface area contributed by atoms with E-state index < -0.39 is 0 Å². The lowest BCUT2D eigenvalue weighted by Gasteiger charge is -2.28. The van der Waals surface area contributed by atoms with E-state index in [-0.39, 0.29) is 6.10 Å². The van der Waals surface area contributed by atoms with Crippen molar-refractivity contribution in [3.05, 3.63) is 70.8 Å². The largest absolute Gasteiger partial charge is 0.377 e. The molecule has 0 bridgehead atoms. The average molecular weight is 361 g/mol. The molecule has 0 spiro atoms. The highest BCUT2D eigenvalue weighted by Crippen LogP contribution is 2.37. The fourth-order valence-electron chi connectivity index (χ4n) is 4.15. The van der Waals surface area contributed by atoms with Gasteiger partial charge in [-0.25, -0.2) is 0 Å². The summed E-state index contributed by atoms with van der Waals surface area (Å²) in [6.45, 7) is 4.36. The Morgan fingerprint density at radius 2 is 1.44 bits per heavy atom. The van der Waals surface area contributed by atoms with Crippen LogP contribution in [0.5, 0.6) is 0 Å². The van der Waals surface area contributed by atoms with Crippen LogP contribution in [0.2, 0.25) is 0 Å². The third-order valence-corrected chi connectivity index (χ3v) is 6.01. The van der Waals surface area contributed by atoms with Crippen molar-refractivity contribution in [2.24, 2.45) is 5.92 Å². The summed E-state index contributed by atoms with van der Waals surface area (Å²) in [5.74, 6) is 8.28. The fourth-order valence-corrected chi connectivity index (χ4v) is 4.15. The van der Waals surface area contributed by atoms with Crippen molar-refractivity contribution in [3.8, 4) is 11.8 Å². The van der Waals surface area contributed by atoms with Crippen molar-refractivity contribution in [2.75, 3.05) is 7.11 Å². The topological polar surface area (TPSA) is 9.23 Å². The molecule has 2 aromatic rings. The summed E-state index contributed by atoms with van der Waals surface area (Å²) < 4.78 is 5.35. The molecule has 1 unspecified atom stereocenters. The lowest BCUT2D eigenvalue weighted by Crippen LogP contribution is -2.13. The van der Waals surface area contributed by atoms with Crippen LogP contribution in [-0.4, -0.2) is 7.11 Å². The summed E-state index contributed by atoms with van der Waals surface area (Å²) in [4.78, 5) is 0. The molecule has 0 aliphatic heterocycles. The quantitative estimate of drug-likeness (QED) is 0.529. The monoisotopic (exact) mass is 360 g/mol. The summed E-state index contributed by atoms with van der Waals surface area (Å²) >= 11 is 0. The highest BCUT2D eigenvalue weighted by Gasteiger charge is 2.21. The molecule has 27 heavy (non-hydrogen) atoms. The summed E-state index contributed by atoms with van der Waals surface area (Å²) in [5.41, 5.74) is 4.81. The van der Waals surface area contributed by atoms with Crippen LogP contribution < -0.4 is 0 Å². The molecule has 0 aromatic heterocycles. The number of ether oxygens (including phenoxy) is 1. The third kappa shape index (κ3) is 5.47. The van der Waals surface area contributed by atoms with Crippen LogP contribution in [0.15, 0.2) is 48.5 Å². The number of hydrogen-bond acceptors (Lipinski definition) is 1. The Hall–Kier alpha value is -2.04. The Kier molecular flexibility index (Phi) is 7.13. The van der Waals surface area contributed by atoms with Gasteiger partial charge in [0.2, 0.25) is 0 Å². The number of rotatable bonds is 5. The highest BCUT2D eigenvalue weighted by molar-refractivity contribution is 5.44. The van der Waals surface area contributed by atoms with Crippen LogP contribution in [0.25, 0.3) is 0 Å². The van der Waals surface area contributed by atoms with E-state index in [1.54, 1.807) is 7.11 Å². The molecule has 3 rings (SSSR count). The van der Waals surface area contributed by atoms with E-state index in [9.17, 15) is 0 Å². The molecule has 142 valence electrons.